The van der Waals surface area contributed by atoms with Gasteiger partial charge in [0.15, 0.2) is 5.16 Å². The van der Waals surface area contributed by atoms with Crippen LogP contribution >= 0.6 is 11.8 Å². The van der Waals surface area contributed by atoms with Gasteiger partial charge in [0.05, 0.1) is 18.9 Å². The third kappa shape index (κ3) is 1.89. The summed E-state index contributed by atoms with van der Waals surface area (Å²) in [4.78, 5) is 4.77. The molecule has 3 heterocycles. The van der Waals surface area contributed by atoms with Gasteiger partial charge in [0, 0.05) is 17.9 Å². The van der Waals surface area contributed by atoms with Crippen LogP contribution in [0, 0.1) is 0 Å². The van der Waals surface area contributed by atoms with E-state index in [-0.39, 0.29) is 6.29 Å². The lowest BCUT2D eigenvalue weighted by atomic mass is 10.1. The number of nitrogens with zero attached hydrogens (tertiary/aromatic N) is 2. The maximum Gasteiger partial charge on any atom is 0.201 e. The Bertz CT molecular complexity index is 591. The molecule has 4 rings (SSSR count). The summed E-state index contributed by atoms with van der Waals surface area (Å²) in [6, 6.07) is 10.3. The van der Waals surface area contributed by atoms with Crippen molar-refractivity contribution >= 4 is 11.8 Å². The second kappa shape index (κ2) is 4.67. The van der Waals surface area contributed by atoms with Crippen molar-refractivity contribution < 1.29 is 9.47 Å². The topological polar surface area (TPSA) is 36.3 Å². The van der Waals surface area contributed by atoms with E-state index in [0.717, 1.165) is 34.4 Å². The lowest BCUT2D eigenvalue weighted by Crippen LogP contribution is -2.08. The average Bonchev–Trinajstić information content (AvgIpc) is 3.15. The van der Waals surface area contributed by atoms with E-state index in [0.29, 0.717) is 13.2 Å². The Morgan fingerprint density at radius 2 is 1.95 bits per heavy atom. The molecule has 5 heteroatoms. The molecule has 0 unspecified atom stereocenters. The smallest absolute Gasteiger partial charge is 0.201 e. The highest BCUT2D eigenvalue weighted by Crippen LogP contribution is 2.38. The molecule has 0 bridgehead atoms. The molecular weight excluding hydrogens is 260 g/mol. The van der Waals surface area contributed by atoms with Crippen molar-refractivity contribution in [3.05, 3.63) is 36.0 Å². The molecule has 0 aliphatic carbocycles. The molecule has 4 nitrogen and oxygen atoms in total. The van der Waals surface area contributed by atoms with E-state index in [4.69, 9.17) is 14.5 Å². The van der Waals surface area contributed by atoms with Crippen molar-refractivity contribution in [1.82, 2.24) is 9.55 Å². The Kier molecular flexibility index (Phi) is 2.83. The van der Waals surface area contributed by atoms with E-state index in [1.54, 1.807) is 11.8 Å². The molecule has 1 aromatic heterocycles. The standard InChI is InChI=1S/C14H14N2O2S/c1-2-4-10(5-3-1)11-12(13-17-7-8-18-13)16-6-9-19-14(16)15-11/h1-5,13H,6-9H2. The zero-order valence-corrected chi connectivity index (χ0v) is 11.2. The van der Waals surface area contributed by atoms with Gasteiger partial charge in [-0.05, 0) is 0 Å². The van der Waals surface area contributed by atoms with Crippen LogP contribution in [0.1, 0.15) is 12.0 Å². The fraction of sp³-hybridized carbons (Fsp3) is 0.357. The Balaban J connectivity index is 1.86. The highest BCUT2D eigenvalue weighted by molar-refractivity contribution is 7.99. The lowest BCUT2D eigenvalue weighted by molar-refractivity contribution is -0.0494. The number of hydrogen-bond donors (Lipinski definition) is 0. The van der Waals surface area contributed by atoms with Crippen molar-refractivity contribution in [1.29, 1.82) is 0 Å². The van der Waals surface area contributed by atoms with Gasteiger partial charge in [-0.15, -0.1) is 0 Å². The molecule has 0 spiro atoms. The molecule has 98 valence electrons. The van der Waals surface area contributed by atoms with Gasteiger partial charge in [0.1, 0.15) is 5.69 Å². The van der Waals surface area contributed by atoms with E-state index in [1.807, 2.05) is 18.2 Å². The van der Waals surface area contributed by atoms with Crippen LogP contribution in [0.15, 0.2) is 35.5 Å². The molecule has 2 aromatic rings. The molecule has 1 fully saturated rings. The number of fused-ring (bicyclic) bond motifs is 1. The molecule has 1 saturated heterocycles. The van der Waals surface area contributed by atoms with Crippen LogP contribution in [0.3, 0.4) is 0 Å². The van der Waals surface area contributed by atoms with Crippen LogP contribution in [0.2, 0.25) is 0 Å². The number of benzene rings is 1. The van der Waals surface area contributed by atoms with E-state index < -0.39 is 0 Å². The Hall–Kier alpha value is -1.30. The number of imidazole rings is 1. The average molecular weight is 274 g/mol. The fourth-order valence-corrected chi connectivity index (χ4v) is 3.52. The highest BCUT2D eigenvalue weighted by Gasteiger charge is 2.31. The van der Waals surface area contributed by atoms with Gasteiger partial charge in [0.2, 0.25) is 6.29 Å². The molecule has 2 aliphatic heterocycles. The van der Waals surface area contributed by atoms with Crippen molar-refractivity contribution in [3.8, 4) is 11.3 Å². The number of aromatic nitrogens is 2. The molecule has 0 saturated carbocycles. The van der Waals surface area contributed by atoms with Crippen molar-refractivity contribution in [2.75, 3.05) is 19.0 Å². The first-order chi connectivity index (χ1) is 9.43. The van der Waals surface area contributed by atoms with Crippen molar-refractivity contribution in [2.24, 2.45) is 0 Å². The van der Waals surface area contributed by atoms with Gasteiger partial charge in [0.25, 0.3) is 0 Å². The van der Waals surface area contributed by atoms with Gasteiger partial charge in [-0.2, -0.15) is 0 Å². The highest BCUT2D eigenvalue weighted by atomic mass is 32.2. The van der Waals surface area contributed by atoms with Gasteiger partial charge in [-0.1, -0.05) is 42.1 Å². The minimum atomic E-state index is -0.268. The normalized spacial score (nSPS) is 18.9. The molecule has 0 radical (unpaired) electrons. The van der Waals surface area contributed by atoms with Crippen LogP contribution < -0.4 is 0 Å². The first-order valence-corrected chi connectivity index (χ1v) is 7.44. The number of rotatable bonds is 2. The summed E-state index contributed by atoms with van der Waals surface area (Å²) in [6.45, 7) is 2.30. The van der Waals surface area contributed by atoms with Crippen LogP contribution in [-0.4, -0.2) is 28.5 Å². The van der Waals surface area contributed by atoms with Crippen LogP contribution in [0.5, 0.6) is 0 Å². The van der Waals surface area contributed by atoms with Crippen molar-refractivity contribution in [2.45, 2.75) is 18.0 Å². The summed E-state index contributed by atoms with van der Waals surface area (Å²) in [5, 5.41) is 1.08. The summed E-state index contributed by atoms with van der Waals surface area (Å²) < 4.78 is 13.6. The predicted molar refractivity (Wildman–Crippen MR) is 73.0 cm³/mol. The summed E-state index contributed by atoms with van der Waals surface area (Å²) in [5.41, 5.74) is 3.19. The third-order valence-corrected chi connectivity index (χ3v) is 4.37. The van der Waals surface area contributed by atoms with E-state index in [9.17, 15) is 0 Å². The fourth-order valence-electron chi connectivity index (χ4n) is 2.56. The van der Waals surface area contributed by atoms with Gasteiger partial charge >= 0.3 is 0 Å². The second-order valence-corrected chi connectivity index (χ2v) is 5.63. The largest absolute Gasteiger partial charge is 0.345 e. The SMILES string of the molecule is c1ccc(-c2nc3n(c2C2OCCO2)CCS3)cc1. The third-order valence-electron chi connectivity index (χ3n) is 3.41. The summed E-state index contributed by atoms with van der Waals surface area (Å²) in [5.74, 6) is 1.08. The number of hydrogen-bond acceptors (Lipinski definition) is 4. The van der Waals surface area contributed by atoms with E-state index in [1.165, 1.54) is 0 Å². The quantitative estimate of drug-likeness (QED) is 0.843. The molecule has 1 aromatic carbocycles. The van der Waals surface area contributed by atoms with Crippen LogP contribution in [0.4, 0.5) is 0 Å². The maximum absolute atomic E-state index is 5.69. The zero-order valence-electron chi connectivity index (χ0n) is 10.4. The van der Waals surface area contributed by atoms with Gasteiger partial charge in [-0.25, -0.2) is 4.98 Å². The minimum Gasteiger partial charge on any atom is -0.345 e. The van der Waals surface area contributed by atoms with Crippen molar-refractivity contribution in [3.63, 3.8) is 0 Å². The summed E-state index contributed by atoms with van der Waals surface area (Å²) in [6.07, 6.45) is -0.268. The van der Waals surface area contributed by atoms with Crippen LogP contribution in [0.25, 0.3) is 11.3 Å². The Morgan fingerprint density at radius 1 is 1.16 bits per heavy atom. The maximum atomic E-state index is 5.69. The first kappa shape index (κ1) is 11.5. The zero-order chi connectivity index (χ0) is 12.7. The molecule has 0 atom stereocenters. The Morgan fingerprint density at radius 3 is 2.74 bits per heavy atom. The number of ether oxygens (including phenoxy) is 2. The van der Waals surface area contributed by atoms with Gasteiger partial charge < -0.3 is 14.0 Å². The summed E-state index contributed by atoms with van der Waals surface area (Å²) >= 11 is 1.80. The predicted octanol–water partition coefficient (Wildman–Crippen LogP) is 2.70. The molecular formula is C14H14N2O2S. The molecule has 0 amide bonds. The van der Waals surface area contributed by atoms with E-state index >= 15 is 0 Å². The van der Waals surface area contributed by atoms with Crippen LogP contribution in [-0.2, 0) is 16.0 Å². The van der Waals surface area contributed by atoms with E-state index in [2.05, 4.69) is 16.7 Å². The lowest BCUT2D eigenvalue weighted by Gasteiger charge is -2.13. The van der Waals surface area contributed by atoms with Gasteiger partial charge in [-0.3, -0.25) is 0 Å². The minimum absolute atomic E-state index is 0.268. The summed E-state index contributed by atoms with van der Waals surface area (Å²) in [7, 11) is 0. The first-order valence-electron chi connectivity index (χ1n) is 6.45. The second-order valence-electron chi connectivity index (χ2n) is 4.57. The molecule has 19 heavy (non-hydrogen) atoms. The molecule has 2 aliphatic rings. The Labute approximate surface area is 115 Å². The number of thioether (sulfide) groups is 1. The monoisotopic (exact) mass is 274 g/mol. The molecule has 0 N–H and O–H groups in total.